The number of rotatable bonds is 3. The summed E-state index contributed by atoms with van der Waals surface area (Å²) in [7, 11) is 1.80. The van der Waals surface area contributed by atoms with Crippen molar-refractivity contribution in [3.63, 3.8) is 0 Å². The molecule has 1 saturated heterocycles. The zero-order valence-electron chi connectivity index (χ0n) is 13.3. The highest BCUT2D eigenvalue weighted by atomic mass is 35.5. The summed E-state index contributed by atoms with van der Waals surface area (Å²) in [5, 5.41) is 3.42. The third-order valence-electron chi connectivity index (χ3n) is 3.98. The number of urea groups is 1. The fraction of sp³-hybridized carbons (Fsp3) is 0.222. The van der Waals surface area contributed by atoms with Gasteiger partial charge in [0.2, 0.25) is 0 Å². The normalized spacial score (nSPS) is 14.7. The summed E-state index contributed by atoms with van der Waals surface area (Å²) >= 11 is 5.82. The Balaban J connectivity index is 1.69. The van der Waals surface area contributed by atoms with Crippen LogP contribution in [0.1, 0.15) is 16.8 Å². The van der Waals surface area contributed by atoms with Crippen LogP contribution in [0.15, 0.2) is 48.5 Å². The first kappa shape index (κ1) is 16.3. The van der Waals surface area contributed by atoms with Crippen molar-refractivity contribution in [3.8, 4) is 0 Å². The molecule has 1 N–H and O–H groups in total. The number of halogens is 1. The van der Waals surface area contributed by atoms with Crippen LogP contribution < -0.4 is 10.2 Å². The molecular weight excluding hydrogens is 326 g/mol. The van der Waals surface area contributed by atoms with Gasteiger partial charge in [0.05, 0.1) is 0 Å². The standard InChI is InChI=1S/C18H18ClN3O2/c1-21-11-2-12-22(18(21)24)16-9-7-15(8-10-16)20-17(23)13-3-5-14(19)6-4-13/h3-10H,2,11-12H2,1H3,(H,20,23). The second-order valence-electron chi connectivity index (χ2n) is 5.72. The van der Waals surface area contributed by atoms with Crippen molar-refractivity contribution in [1.29, 1.82) is 0 Å². The molecule has 0 atom stereocenters. The Bertz CT molecular complexity index is 744. The van der Waals surface area contributed by atoms with Crippen molar-refractivity contribution >= 4 is 34.9 Å². The maximum Gasteiger partial charge on any atom is 0.324 e. The quantitative estimate of drug-likeness (QED) is 0.920. The minimum absolute atomic E-state index is 0.000741. The smallest absolute Gasteiger partial charge is 0.324 e. The van der Waals surface area contributed by atoms with Crippen molar-refractivity contribution in [2.75, 3.05) is 30.4 Å². The molecule has 3 rings (SSSR count). The molecular formula is C18H18ClN3O2. The molecule has 1 aliphatic heterocycles. The van der Waals surface area contributed by atoms with Gasteiger partial charge in [0.15, 0.2) is 0 Å². The summed E-state index contributed by atoms with van der Waals surface area (Å²) in [5.74, 6) is -0.201. The van der Waals surface area contributed by atoms with E-state index in [2.05, 4.69) is 5.32 Å². The molecule has 0 aromatic heterocycles. The molecule has 124 valence electrons. The Labute approximate surface area is 145 Å². The number of carbonyl (C=O) groups is 2. The molecule has 0 bridgehead atoms. The van der Waals surface area contributed by atoms with Crippen LogP contribution in [0, 0.1) is 0 Å². The molecule has 2 aromatic rings. The SMILES string of the molecule is CN1CCCN(c2ccc(NC(=O)c3ccc(Cl)cc3)cc2)C1=O. The predicted molar refractivity (Wildman–Crippen MR) is 95.8 cm³/mol. The van der Waals surface area contributed by atoms with Gasteiger partial charge in [-0.1, -0.05) is 11.6 Å². The number of anilines is 2. The molecule has 2 aromatic carbocycles. The van der Waals surface area contributed by atoms with E-state index < -0.39 is 0 Å². The Morgan fingerprint density at radius 2 is 1.71 bits per heavy atom. The van der Waals surface area contributed by atoms with E-state index in [1.165, 1.54) is 0 Å². The number of carbonyl (C=O) groups excluding carboxylic acids is 2. The monoisotopic (exact) mass is 343 g/mol. The zero-order chi connectivity index (χ0) is 17.1. The van der Waals surface area contributed by atoms with E-state index in [4.69, 9.17) is 11.6 Å². The maximum atomic E-state index is 12.2. The topological polar surface area (TPSA) is 52.6 Å². The number of hydrogen-bond donors (Lipinski definition) is 1. The van der Waals surface area contributed by atoms with E-state index >= 15 is 0 Å². The molecule has 0 spiro atoms. The van der Waals surface area contributed by atoms with Gasteiger partial charge in [-0.25, -0.2) is 4.79 Å². The van der Waals surface area contributed by atoms with Crippen LogP contribution >= 0.6 is 11.6 Å². The molecule has 5 nitrogen and oxygen atoms in total. The van der Waals surface area contributed by atoms with Crippen LogP contribution in [0.3, 0.4) is 0 Å². The van der Waals surface area contributed by atoms with Gasteiger partial charge in [-0.05, 0) is 55.0 Å². The largest absolute Gasteiger partial charge is 0.327 e. The van der Waals surface area contributed by atoms with Gasteiger partial charge in [0.1, 0.15) is 0 Å². The average molecular weight is 344 g/mol. The second-order valence-corrected chi connectivity index (χ2v) is 6.15. The minimum Gasteiger partial charge on any atom is -0.327 e. The van der Waals surface area contributed by atoms with Crippen LogP contribution in [0.5, 0.6) is 0 Å². The molecule has 0 aliphatic carbocycles. The van der Waals surface area contributed by atoms with E-state index in [9.17, 15) is 9.59 Å². The molecule has 0 saturated carbocycles. The summed E-state index contributed by atoms with van der Waals surface area (Å²) in [6, 6.07) is 14.0. The molecule has 24 heavy (non-hydrogen) atoms. The van der Waals surface area contributed by atoms with Crippen molar-refractivity contribution in [2.24, 2.45) is 0 Å². The van der Waals surface area contributed by atoms with Crippen LogP contribution in [0.2, 0.25) is 5.02 Å². The minimum atomic E-state index is -0.201. The summed E-state index contributed by atoms with van der Waals surface area (Å²) in [5.41, 5.74) is 2.05. The second kappa shape index (κ2) is 6.93. The average Bonchev–Trinajstić information content (AvgIpc) is 2.59. The molecule has 0 radical (unpaired) electrons. The first-order valence-corrected chi connectivity index (χ1v) is 8.12. The fourth-order valence-corrected chi connectivity index (χ4v) is 2.76. The number of benzene rings is 2. The van der Waals surface area contributed by atoms with E-state index in [1.54, 1.807) is 53.2 Å². The third-order valence-corrected chi connectivity index (χ3v) is 4.23. The summed E-state index contributed by atoms with van der Waals surface area (Å²) in [4.78, 5) is 27.8. The van der Waals surface area contributed by atoms with Gasteiger partial charge in [-0.15, -0.1) is 0 Å². The maximum absolute atomic E-state index is 12.2. The van der Waals surface area contributed by atoms with Crippen molar-refractivity contribution in [1.82, 2.24) is 4.90 Å². The van der Waals surface area contributed by atoms with Crippen molar-refractivity contribution in [3.05, 3.63) is 59.1 Å². The molecule has 0 unspecified atom stereocenters. The first-order chi connectivity index (χ1) is 11.5. The molecule has 3 amide bonds. The Kier molecular flexibility index (Phi) is 4.71. The molecule has 1 heterocycles. The number of nitrogens with one attached hydrogen (secondary N) is 1. The van der Waals surface area contributed by atoms with Crippen molar-refractivity contribution in [2.45, 2.75) is 6.42 Å². The lowest BCUT2D eigenvalue weighted by Gasteiger charge is -2.33. The van der Waals surface area contributed by atoms with Crippen LogP contribution in [0.4, 0.5) is 16.2 Å². The number of nitrogens with zero attached hydrogens (tertiary/aromatic N) is 2. The van der Waals surface area contributed by atoms with E-state index in [1.807, 2.05) is 12.1 Å². The summed E-state index contributed by atoms with van der Waals surface area (Å²) in [6.45, 7) is 1.49. The Morgan fingerprint density at radius 1 is 1.04 bits per heavy atom. The number of hydrogen-bond acceptors (Lipinski definition) is 2. The highest BCUT2D eigenvalue weighted by Crippen LogP contribution is 2.22. The molecule has 1 aliphatic rings. The molecule has 6 heteroatoms. The van der Waals surface area contributed by atoms with E-state index in [0.29, 0.717) is 22.8 Å². The third kappa shape index (κ3) is 3.51. The van der Waals surface area contributed by atoms with Gasteiger partial charge >= 0.3 is 6.03 Å². The van der Waals surface area contributed by atoms with Gasteiger partial charge in [0.25, 0.3) is 5.91 Å². The Morgan fingerprint density at radius 3 is 2.38 bits per heavy atom. The number of amides is 3. The fourth-order valence-electron chi connectivity index (χ4n) is 2.63. The highest BCUT2D eigenvalue weighted by Gasteiger charge is 2.23. The molecule has 1 fully saturated rings. The summed E-state index contributed by atoms with van der Waals surface area (Å²) < 4.78 is 0. The zero-order valence-corrected chi connectivity index (χ0v) is 14.1. The van der Waals surface area contributed by atoms with Crippen LogP contribution in [0.25, 0.3) is 0 Å². The van der Waals surface area contributed by atoms with Gasteiger partial charge in [-0.3, -0.25) is 9.69 Å². The van der Waals surface area contributed by atoms with Crippen LogP contribution in [-0.4, -0.2) is 37.0 Å². The first-order valence-electron chi connectivity index (χ1n) is 7.74. The van der Waals surface area contributed by atoms with Gasteiger partial charge < -0.3 is 10.2 Å². The van der Waals surface area contributed by atoms with Crippen LogP contribution in [-0.2, 0) is 0 Å². The highest BCUT2D eigenvalue weighted by molar-refractivity contribution is 6.30. The van der Waals surface area contributed by atoms with E-state index in [0.717, 1.165) is 18.7 Å². The predicted octanol–water partition coefficient (Wildman–Crippen LogP) is 3.85. The van der Waals surface area contributed by atoms with E-state index in [-0.39, 0.29) is 11.9 Å². The van der Waals surface area contributed by atoms with Gasteiger partial charge in [0, 0.05) is 42.1 Å². The van der Waals surface area contributed by atoms with Gasteiger partial charge in [-0.2, -0.15) is 0 Å². The lowest BCUT2D eigenvalue weighted by atomic mass is 10.2. The Hall–Kier alpha value is -2.53. The lowest BCUT2D eigenvalue weighted by Crippen LogP contribution is -2.47. The summed E-state index contributed by atoms with van der Waals surface area (Å²) in [6.07, 6.45) is 0.942. The van der Waals surface area contributed by atoms with Crippen molar-refractivity contribution < 1.29 is 9.59 Å². The lowest BCUT2D eigenvalue weighted by molar-refractivity contribution is 0.102.